The van der Waals surface area contributed by atoms with Gasteiger partial charge < -0.3 is 31.9 Å². The number of carbonyl (C=O) groups is 3. The Labute approximate surface area is 121 Å². The Morgan fingerprint density at radius 1 is 1.33 bits per heavy atom. The van der Waals surface area contributed by atoms with Crippen LogP contribution in [-0.4, -0.2) is 66.3 Å². The van der Waals surface area contributed by atoms with Gasteiger partial charge in [-0.15, -0.1) is 0 Å². The molecule has 0 aromatic rings. The lowest BCUT2D eigenvalue weighted by Gasteiger charge is -2.31. The Bertz CT molecular complexity index is 451. The minimum Gasteiger partial charge on any atom is -0.390 e. The number of amides is 3. The summed E-state index contributed by atoms with van der Waals surface area (Å²) >= 11 is 0. The third-order valence-corrected chi connectivity index (χ3v) is 2.95. The van der Waals surface area contributed by atoms with Crippen LogP contribution >= 0.6 is 0 Å². The van der Waals surface area contributed by atoms with Crippen molar-refractivity contribution in [2.45, 2.75) is 24.7 Å². The van der Waals surface area contributed by atoms with E-state index in [-0.39, 0.29) is 31.0 Å². The largest absolute Gasteiger partial charge is 0.390 e. The molecule has 0 spiro atoms. The van der Waals surface area contributed by atoms with Gasteiger partial charge in [0.25, 0.3) is 0 Å². The second kappa shape index (κ2) is 7.72. The van der Waals surface area contributed by atoms with Gasteiger partial charge in [0.1, 0.15) is 6.10 Å². The van der Waals surface area contributed by atoms with E-state index in [1.807, 2.05) is 0 Å². The molecule has 9 heteroatoms. The van der Waals surface area contributed by atoms with Gasteiger partial charge in [-0.05, 0) is 7.05 Å². The van der Waals surface area contributed by atoms with E-state index in [9.17, 15) is 24.6 Å². The van der Waals surface area contributed by atoms with Gasteiger partial charge in [0.05, 0.1) is 25.2 Å². The van der Waals surface area contributed by atoms with Crippen LogP contribution in [0.15, 0.2) is 11.6 Å². The zero-order valence-electron chi connectivity index (χ0n) is 11.6. The number of aliphatic hydroxyl groups is 2. The van der Waals surface area contributed by atoms with E-state index in [1.54, 1.807) is 7.05 Å². The molecule has 3 amide bonds. The fourth-order valence-corrected chi connectivity index (χ4v) is 1.94. The summed E-state index contributed by atoms with van der Waals surface area (Å²) < 4.78 is 0. The number of hydrogen-bond donors (Lipinski definition) is 6. The number of hydrogen-bond acceptors (Lipinski definition) is 6. The van der Waals surface area contributed by atoms with E-state index >= 15 is 0 Å². The summed E-state index contributed by atoms with van der Waals surface area (Å²) in [6.45, 7) is -0.290. The molecule has 0 bridgehead atoms. The summed E-state index contributed by atoms with van der Waals surface area (Å²) in [6, 6.07) is -0.885. The normalized spacial score (nSPS) is 24.9. The predicted octanol–water partition coefficient (Wildman–Crippen LogP) is -3.66. The van der Waals surface area contributed by atoms with Crippen molar-refractivity contribution in [1.29, 1.82) is 0 Å². The summed E-state index contributed by atoms with van der Waals surface area (Å²) in [5.41, 5.74) is 5.09. The fraction of sp³-hybridized carbons (Fsp3) is 0.583. The van der Waals surface area contributed by atoms with Crippen LogP contribution < -0.4 is 21.7 Å². The third kappa shape index (κ3) is 5.14. The molecule has 0 aromatic carbocycles. The maximum absolute atomic E-state index is 11.8. The SMILES string of the molecule is CNCC(=O)NC1C=C(C(=O)NCC(N)=O)CC(O)C1O. The van der Waals surface area contributed by atoms with E-state index in [1.165, 1.54) is 6.08 Å². The highest BCUT2D eigenvalue weighted by atomic mass is 16.3. The van der Waals surface area contributed by atoms with Crippen LogP contribution in [0.3, 0.4) is 0 Å². The molecule has 1 aliphatic carbocycles. The van der Waals surface area contributed by atoms with Crippen LogP contribution in [0.2, 0.25) is 0 Å². The smallest absolute Gasteiger partial charge is 0.247 e. The fourth-order valence-electron chi connectivity index (χ4n) is 1.94. The minimum atomic E-state index is -1.21. The van der Waals surface area contributed by atoms with Crippen molar-refractivity contribution >= 4 is 17.7 Å². The number of rotatable bonds is 6. The van der Waals surface area contributed by atoms with Gasteiger partial charge in [-0.1, -0.05) is 6.08 Å². The van der Waals surface area contributed by atoms with Crippen LogP contribution in [-0.2, 0) is 14.4 Å². The molecule has 0 fully saturated rings. The molecule has 0 aliphatic heterocycles. The van der Waals surface area contributed by atoms with Crippen LogP contribution in [0.1, 0.15) is 6.42 Å². The Morgan fingerprint density at radius 3 is 2.57 bits per heavy atom. The lowest BCUT2D eigenvalue weighted by Crippen LogP contribution is -2.52. The van der Waals surface area contributed by atoms with E-state index in [0.29, 0.717) is 0 Å². The van der Waals surface area contributed by atoms with Crippen molar-refractivity contribution in [2.75, 3.05) is 20.1 Å². The van der Waals surface area contributed by atoms with Gasteiger partial charge in [0.15, 0.2) is 0 Å². The quantitative estimate of drug-likeness (QED) is 0.297. The van der Waals surface area contributed by atoms with Crippen LogP contribution in [0.4, 0.5) is 0 Å². The summed E-state index contributed by atoms with van der Waals surface area (Å²) in [7, 11) is 1.59. The minimum absolute atomic E-state index is 0.0381. The van der Waals surface area contributed by atoms with Crippen molar-refractivity contribution in [3.8, 4) is 0 Å². The zero-order chi connectivity index (χ0) is 16.0. The number of likely N-dealkylation sites (N-methyl/N-ethyl adjacent to an activating group) is 1. The first-order chi connectivity index (χ1) is 9.85. The molecule has 3 unspecified atom stereocenters. The first-order valence-corrected chi connectivity index (χ1v) is 6.42. The molecule has 0 saturated heterocycles. The number of nitrogens with one attached hydrogen (secondary N) is 3. The zero-order valence-corrected chi connectivity index (χ0v) is 11.6. The Hall–Kier alpha value is -1.97. The maximum atomic E-state index is 11.8. The van der Waals surface area contributed by atoms with Crippen LogP contribution in [0.5, 0.6) is 0 Å². The molecule has 0 radical (unpaired) electrons. The Kier molecular flexibility index (Phi) is 6.28. The molecule has 9 nitrogen and oxygen atoms in total. The highest BCUT2D eigenvalue weighted by molar-refractivity contribution is 5.96. The topological polar surface area (TPSA) is 154 Å². The van der Waals surface area contributed by atoms with Crippen molar-refractivity contribution in [1.82, 2.24) is 16.0 Å². The monoisotopic (exact) mass is 300 g/mol. The van der Waals surface area contributed by atoms with Gasteiger partial charge in [0.2, 0.25) is 17.7 Å². The molecule has 21 heavy (non-hydrogen) atoms. The number of aliphatic hydroxyl groups excluding tert-OH is 2. The molecule has 118 valence electrons. The molecule has 0 aromatic heterocycles. The van der Waals surface area contributed by atoms with Gasteiger partial charge in [0, 0.05) is 12.0 Å². The summed E-state index contributed by atoms with van der Waals surface area (Å²) in [4.78, 5) is 33.9. The van der Waals surface area contributed by atoms with Gasteiger partial charge in [-0.2, -0.15) is 0 Å². The molecular formula is C12H20N4O5. The second-order valence-electron chi connectivity index (χ2n) is 4.73. The van der Waals surface area contributed by atoms with Crippen LogP contribution in [0, 0.1) is 0 Å². The molecule has 7 N–H and O–H groups in total. The first-order valence-electron chi connectivity index (χ1n) is 6.42. The Balaban J connectivity index is 2.76. The van der Waals surface area contributed by atoms with Crippen LogP contribution in [0.25, 0.3) is 0 Å². The van der Waals surface area contributed by atoms with Crippen molar-refractivity contribution in [3.05, 3.63) is 11.6 Å². The second-order valence-corrected chi connectivity index (χ2v) is 4.73. The van der Waals surface area contributed by atoms with E-state index < -0.39 is 30.1 Å². The van der Waals surface area contributed by atoms with Crippen molar-refractivity contribution < 1.29 is 24.6 Å². The molecule has 1 aliphatic rings. The third-order valence-electron chi connectivity index (χ3n) is 2.95. The predicted molar refractivity (Wildman–Crippen MR) is 72.8 cm³/mol. The average molecular weight is 300 g/mol. The van der Waals surface area contributed by atoms with E-state index in [4.69, 9.17) is 5.73 Å². The standard InChI is InChI=1S/C12H20N4O5/c1-14-5-10(19)16-7-2-6(3-8(17)11(7)20)12(21)15-4-9(13)18/h2,7-8,11,14,17,20H,3-5H2,1H3,(H2,13,18)(H,15,21)(H,16,19). The molecule has 1 rings (SSSR count). The van der Waals surface area contributed by atoms with Crippen molar-refractivity contribution in [3.63, 3.8) is 0 Å². The summed E-state index contributed by atoms with van der Waals surface area (Å²) in [6.07, 6.45) is -1.12. The molecular weight excluding hydrogens is 280 g/mol. The number of carbonyl (C=O) groups excluding carboxylic acids is 3. The molecule has 0 saturated carbocycles. The lowest BCUT2D eigenvalue weighted by atomic mass is 9.90. The van der Waals surface area contributed by atoms with Gasteiger partial charge >= 0.3 is 0 Å². The lowest BCUT2D eigenvalue weighted by molar-refractivity contribution is -0.123. The number of primary amides is 1. The number of nitrogens with two attached hydrogens (primary N) is 1. The van der Waals surface area contributed by atoms with E-state index in [0.717, 1.165) is 0 Å². The average Bonchev–Trinajstić information content (AvgIpc) is 2.41. The highest BCUT2D eigenvalue weighted by Gasteiger charge is 2.33. The first kappa shape index (κ1) is 17.1. The van der Waals surface area contributed by atoms with Gasteiger partial charge in [-0.25, -0.2) is 0 Å². The highest BCUT2D eigenvalue weighted by Crippen LogP contribution is 2.19. The Morgan fingerprint density at radius 2 is 2.00 bits per heavy atom. The molecule has 0 heterocycles. The van der Waals surface area contributed by atoms with Gasteiger partial charge in [-0.3, -0.25) is 14.4 Å². The van der Waals surface area contributed by atoms with E-state index in [2.05, 4.69) is 16.0 Å². The molecule has 3 atom stereocenters. The van der Waals surface area contributed by atoms with Crippen molar-refractivity contribution in [2.24, 2.45) is 5.73 Å². The summed E-state index contributed by atoms with van der Waals surface area (Å²) in [5.74, 6) is -1.66. The summed E-state index contributed by atoms with van der Waals surface area (Å²) in [5, 5.41) is 27.0. The maximum Gasteiger partial charge on any atom is 0.247 e.